The Labute approximate surface area is 89.7 Å². The van der Waals surface area contributed by atoms with Gasteiger partial charge in [0.05, 0.1) is 0 Å². The molecule has 72 valence electrons. The van der Waals surface area contributed by atoms with Gasteiger partial charge in [-0.2, -0.15) is 0 Å². The summed E-state index contributed by atoms with van der Waals surface area (Å²) in [5, 5.41) is 0.792. The first-order valence-corrected chi connectivity index (χ1v) is 4.59. The van der Waals surface area contributed by atoms with Gasteiger partial charge in [0.15, 0.2) is 0 Å². The van der Waals surface area contributed by atoms with Crippen LogP contribution in [-0.2, 0) is 0 Å². The molecule has 1 nitrogen and oxygen atoms in total. The molecule has 3 heteroatoms. The van der Waals surface area contributed by atoms with E-state index in [-0.39, 0.29) is 12.4 Å². The maximum atomic E-state index is 5.85. The molecule has 0 aromatic heterocycles. The zero-order chi connectivity index (χ0) is 8.72. The minimum atomic E-state index is 0. The molecule has 1 aromatic rings. The second-order valence-corrected chi connectivity index (χ2v) is 3.95. The van der Waals surface area contributed by atoms with Crippen LogP contribution in [-0.4, -0.2) is 6.04 Å². The molecule has 1 fully saturated rings. The Kier molecular flexibility index (Phi) is 3.23. The van der Waals surface area contributed by atoms with Gasteiger partial charge in [-0.1, -0.05) is 30.7 Å². The number of hydrogen-bond acceptors (Lipinski definition) is 1. The fourth-order valence-corrected chi connectivity index (χ4v) is 1.83. The van der Waals surface area contributed by atoms with Crippen LogP contribution in [0, 0.1) is 5.92 Å². The maximum Gasteiger partial charge on any atom is 0.0406 e. The van der Waals surface area contributed by atoms with E-state index in [0.29, 0.717) is 17.9 Å². The Bertz CT molecular complexity index is 275. The molecule has 2 N–H and O–H groups in total. The monoisotopic (exact) mass is 217 g/mol. The molecule has 0 spiro atoms. The van der Waals surface area contributed by atoms with Gasteiger partial charge in [-0.3, -0.25) is 0 Å². The average Bonchev–Trinajstić information content (AvgIpc) is 2.63. The third kappa shape index (κ3) is 1.98. The second-order valence-electron chi connectivity index (χ2n) is 3.51. The number of hydrogen-bond donors (Lipinski definition) is 1. The van der Waals surface area contributed by atoms with E-state index >= 15 is 0 Å². The fourth-order valence-electron chi connectivity index (χ4n) is 1.70. The zero-order valence-electron chi connectivity index (χ0n) is 7.41. The third-order valence-corrected chi connectivity index (χ3v) is 2.95. The molecule has 1 aliphatic carbocycles. The smallest absolute Gasteiger partial charge is 0.0406 e. The van der Waals surface area contributed by atoms with Crippen LogP contribution in [0.1, 0.15) is 18.4 Å². The van der Waals surface area contributed by atoms with Crippen LogP contribution in [0.4, 0.5) is 0 Å². The van der Waals surface area contributed by atoms with E-state index in [4.69, 9.17) is 17.3 Å². The summed E-state index contributed by atoms with van der Waals surface area (Å²) in [6, 6.07) is 8.34. The highest BCUT2D eigenvalue weighted by Crippen LogP contribution is 2.45. The molecular formula is C10H13Cl2N. The van der Waals surface area contributed by atoms with Crippen LogP contribution >= 0.6 is 24.0 Å². The van der Waals surface area contributed by atoms with Crippen molar-refractivity contribution < 1.29 is 0 Å². The van der Waals surface area contributed by atoms with E-state index in [1.165, 1.54) is 5.56 Å². The summed E-state index contributed by atoms with van der Waals surface area (Å²) in [5.41, 5.74) is 7.17. The molecular weight excluding hydrogens is 205 g/mol. The van der Waals surface area contributed by atoms with Crippen LogP contribution in [0.15, 0.2) is 24.3 Å². The van der Waals surface area contributed by atoms with Gasteiger partial charge in [0.1, 0.15) is 0 Å². The van der Waals surface area contributed by atoms with Crippen LogP contribution < -0.4 is 5.73 Å². The first kappa shape index (κ1) is 10.8. The summed E-state index contributed by atoms with van der Waals surface area (Å²) in [6.07, 6.45) is 0. The lowest BCUT2D eigenvalue weighted by molar-refractivity contribution is 0.885. The Morgan fingerprint density at radius 3 is 2.08 bits per heavy atom. The normalized spacial score (nSPS) is 30.8. The van der Waals surface area contributed by atoms with E-state index < -0.39 is 0 Å². The van der Waals surface area contributed by atoms with E-state index in [1.54, 1.807) is 0 Å². The van der Waals surface area contributed by atoms with Crippen LogP contribution in [0.2, 0.25) is 5.02 Å². The van der Waals surface area contributed by atoms with Gasteiger partial charge in [-0.05, 0) is 23.6 Å². The number of nitrogens with two attached hydrogens (primary N) is 1. The van der Waals surface area contributed by atoms with Crippen LogP contribution in [0.5, 0.6) is 0 Å². The molecule has 0 unspecified atom stereocenters. The first-order valence-electron chi connectivity index (χ1n) is 4.21. The van der Waals surface area contributed by atoms with E-state index in [9.17, 15) is 0 Å². The Morgan fingerprint density at radius 1 is 1.23 bits per heavy atom. The molecule has 0 amide bonds. The highest BCUT2D eigenvalue weighted by Gasteiger charge is 2.44. The lowest BCUT2D eigenvalue weighted by atomic mass is 10.1. The zero-order valence-corrected chi connectivity index (χ0v) is 8.98. The van der Waals surface area contributed by atoms with Crippen molar-refractivity contribution in [1.29, 1.82) is 0 Å². The van der Waals surface area contributed by atoms with Gasteiger partial charge >= 0.3 is 0 Å². The SMILES string of the molecule is C[C@H]1[C@@H](N)[C@H]1c1ccc(Cl)cc1.Cl. The summed E-state index contributed by atoms with van der Waals surface area (Å²) in [6.45, 7) is 2.18. The van der Waals surface area contributed by atoms with Crippen molar-refractivity contribution in [1.82, 2.24) is 0 Å². The van der Waals surface area contributed by atoms with Gasteiger partial charge in [0, 0.05) is 17.0 Å². The maximum absolute atomic E-state index is 5.85. The summed E-state index contributed by atoms with van der Waals surface area (Å²) >= 11 is 5.78. The molecule has 0 heterocycles. The van der Waals surface area contributed by atoms with Crippen LogP contribution in [0.3, 0.4) is 0 Å². The largest absolute Gasteiger partial charge is 0.327 e. The highest BCUT2D eigenvalue weighted by molar-refractivity contribution is 6.30. The minimum Gasteiger partial charge on any atom is -0.327 e. The van der Waals surface area contributed by atoms with Crippen molar-refractivity contribution >= 4 is 24.0 Å². The first-order chi connectivity index (χ1) is 5.70. The number of halogens is 2. The summed E-state index contributed by atoms with van der Waals surface area (Å²) in [4.78, 5) is 0. The predicted molar refractivity (Wildman–Crippen MR) is 58.6 cm³/mol. The van der Waals surface area contributed by atoms with Gasteiger partial charge in [-0.25, -0.2) is 0 Å². The molecule has 1 saturated carbocycles. The van der Waals surface area contributed by atoms with Gasteiger partial charge in [-0.15, -0.1) is 12.4 Å². The molecule has 0 saturated heterocycles. The molecule has 1 aliphatic rings. The van der Waals surface area contributed by atoms with Crippen molar-refractivity contribution in [3.05, 3.63) is 34.9 Å². The summed E-state index contributed by atoms with van der Waals surface area (Å²) in [5.74, 6) is 1.19. The Hall–Kier alpha value is -0.240. The molecule has 3 atom stereocenters. The Morgan fingerprint density at radius 2 is 1.69 bits per heavy atom. The van der Waals surface area contributed by atoms with Crippen molar-refractivity contribution in [2.75, 3.05) is 0 Å². The lowest BCUT2D eigenvalue weighted by Crippen LogP contribution is -2.02. The van der Waals surface area contributed by atoms with E-state index in [0.717, 1.165) is 5.02 Å². The fraction of sp³-hybridized carbons (Fsp3) is 0.400. The van der Waals surface area contributed by atoms with E-state index in [1.807, 2.05) is 12.1 Å². The second kappa shape index (κ2) is 3.87. The average molecular weight is 218 g/mol. The molecule has 0 aliphatic heterocycles. The quantitative estimate of drug-likeness (QED) is 0.770. The number of benzene rings is 1. The summed E-state index contributed by atoms with van der Waals surface area (Å²) < 4.78 is 0. The summed E-state index contributed by atoms with van der Waals surface area (Å²) in [7, 11) is 0. The lowest BCUT2D eigenvalue weighted by Gasteiger charge is -1.97. The van der Waals surface area contributed by atoms with Gasteiger partial charge < -0.3 is 5.73 Å². The van der Waals surface area contributed by atoms with Crippen molar-refractivity contribution in [2.24, 2.45) is 11.7 Å². The standard InChI is InChI=1S/C10H12ClN.ClH/c1-6-9(10(6)12)7-2-4-8(11)5-3-7;/h2-6,9-10H,12H2,1H3;1H/t6-,9-,10-;/m1./s1. The predicted octanol–water partition coefficient (Wildman–Crippen LogP) is 2.82. The molecule has 0 bridgehead atoms. The molecule has 0 radical (unpaired) electrons. The van der Waals surface area contributed by atoms with Crippen molar-refractivity contribution in [3.8, 4) is 0 Å². The van der Waals surface area contributed by atoms with E-state index in [2.05, 4.69) is 19.1 Å². The number of rotatable bonds is 1. The topological polar surface area (TPSA) is 26.0 Å². The third-order valence-electron chi connectivity index (χ3n) is 2.70. The van der Waals surface area contributed by atoms with Crippen molar-refractivity contribution in [3.63, 3.8) is 0 Å². The molecule has 2 rings (SSSR count). The van der Waals surface area contributed by atoms with Gasteiger partial charge in [0.2, 0.25) is 0 Å². The minimum absolute atomic E-state index is 0. The van der Waals surface area contributed by atoms with Crippen molar-refractivity contribution in [2.45, 2.75) is 18.9 Å². The molecule has 13 heavy (non-hydrogen) atoms. The van der Waals surface area contributed by atoms with Gasteiger partial charge in [0.25, 0.3) is 0 Å². The molecule has 1 aromatic carbocycles. The highest BCUT2D eigenvalue weighted by atomic mass is 35.5. The Balaban J connectivity index is 0.000000845. The van der Waals surface area contributed by atoms with Crippen LogP contribution in [0.25, 0.3) is 0 Å².